The molecule has 0 aliphatic heterocycles. The number of rotatable bonds is 5. The first-order valence-corrected chi connectivity index (χ1v) is 6.78. The van der Waals surface area contributed by atoms with E-state index in [0.717, 1.165) is 11.1 Å². The molecule has 1 aromatic carbocycles. The number of nitrogens with zero attached hydrogens (tertiary/aromatic N) is 2. The molecule has 0 saturated heterocycles. The van der Waals surface area contributed by atoms with E-state index >= 15 is 0 Å². The van der Waals surface area contributed by atoms with Crippen molar-refractivity contribution in [3.05, 3.63) is 40.6 Å². The molecule has 0 N–H and O–H groups in total. The number of hydrogen-bond acceptors (Lipinski definition) is 5. The molecule has 0 heterocycles. The van der Waals surface area contributed by atoms with Crippen molar-refractivity contribution in [3.63, 3.8) is 0 Å². The van der Waals surface area contributed by atoms with Gasteiger partial charge in [-0.1, -0.05) is 0 Å². The molecule has 114 valence electrons. The number of carbonyl (C=O) groups excluding carboxylic acids is 1. The van der Waals surface area contributed by atoms with Gasteiger partial charge in [-0.15, -0.1) is 0 Å². The molecule has 0 amide bonds. The van der Waals surface area contributed by atoms with Gasteiger partial charge >= 0.3 is 0 Å². The summed E-state index contributed by atoms with van der Waals surface area (Å²) in [6, 6.07) is 5.63. The van der Waals surface area contributed by atoms with Crippen LogP contribution in [0.25, 0.3) is 6.08 Å². The van der Waals surface area contributed by atoms with Crippen molar-refractivity contribution < 1.29 is 14.3 Å². The lowest BCUT2D eigenvalue weighted by Gasteiger charge is -2.09. The summed E-state index contributed by atoms with van der Waals surface area (Å²) >= 11 is 0. The normalized spacial score (nSPS) is 13.0. The third-order valence-electron chi connectivity index (χ3n) is 3.40. The lowest BCUT2D eigenvalue weighted by atomic mass is 10.0. The maximum atomic E-state index is 12.5. The molecule has 0 fully saturated rings. The van der Waals surface area contributed by atoms with Crippen LogP contribution in [0.4, 0.5) is 0 Å². The molecule has 5 heteroatoms. The van der Waals surface area contributed by atoms with Crippen molar-refractivity contribution in [3.8, 4) is 17.6 Å². The predicted molar refractivity (Wildman–Crippen MR) is 83.6 cm³/mol. The van der Waals surface area contributed by atoms with Gasteiger partial charge in [0.15, 0.2) is 0 Å². The average molecular weight is 298 g/mol. The zero-order valence-corrected chi connectivity index (χ0v) is 13.1. The van der Waals surface area contributed by atoms with Gasteiger partial charge in [-0.25, -0.2) is 0 Å². The largest absolute Gasteiger partial charge is 0.497 e. The molecule has 1 aromatic rings. The third kappa shape index (κ3) is 2.96. The van der Waals surface area contributed by atoms with Gasteiger partial charge in [0.1, 0.15) is 23.1 Å². The SMILES string of the molecule is COc1cc2c(c(OC)c1)C=C(C(=O)C(C#N)=CN(C)C)C2. The van der Waals surface area contributed by atoms with Crippen LogP contribution in [0.1, 0.15) is 11.1 Å². The summed E-state index contributed by atoms with van der Waals surface area (Å²) in [4.78, 5) is 14.2. The Kier molecular flexibility index (Phi) is 4.52. The number of ketones is 1. The molecular weight excluding hydrogens is 280 g/mol. The molecule has 5 nitrogen and oxygen atoms in total. The van der Waals surface area contributed by atoms with E-state index in [2.05, 4.69) is 0 Å². The van der Waals surface area contributed by atoms with Crippen molar-refractivity contribution in [1.29, 1.82) is 5.26 Å². The lowest BCUT2D eigenvalue weighted by molar-refractivity contribution is -0.111. The number of benzene rings is 1. The fourth-order valence-corrected chi connectivity index (χ4v) is 2.40. The Morgan fingerprint density at radius 1 is 1.32 bits per heavy atom. The van der Waals surface area contributed by atoms with E-state index in [1.165, 1.54) is 6.20 Å². The second kappa shape index (κ2) is 6.35. The molecule has 0 unspecified atom stereocenters. The van der Waals surface area contributed by atoms with Gasteiger partial charge < -0.3 is 14.4 Å². The Labute approximate surface area is 130 Å². The van der Waals surface area contributed by atoms with Crippen LogP contribution in [-0.2, 0) is 11.2 Å². The molecule has 0 aromatic heterocycles. The highest BCUT2D eigenvalue weighted by molar-refractivity contribution is 6.14. The van der Waals surface area contributed by atoms with Crippen molar-refractivity contribution in [2.75, 3.05) is 28.3 Å². The zero-order valence-electron chi connectivity index (χ0n) is 13.1. The summed E-state index contributed by atoms with van der Waals surface area (Å²) in [7, 11) is 6.71. The zero-order chi connectivity index (χ0) is 16.3. The van der Waals surface area contributed by atoms with E-state index in [9.17, 15) is 4.79 Å². The Morgan fingerprint density at radius 3 is 2.59 bits per heavy atom. The Bertz CT molecular complexity index is 709. The highest BCUT2D eigenvalue weighted by atomic mass is 16.5. The Balaban J connectivity index is 2.38. The molecule has 22 heavy (non-hydrogen) atoms. The van der Waals surface area contributed by atoms with Gasteiger partial charge in [0.25, 0.3) is 0 Å². The summed E-state index contributed by atoms with van der Waals surface area (Å²) in [5, 5.41) is 9.17. The molecule has 0 atom stereocenters. The summed E-state index contributed by atoms with van der Waals surface area (Å²) in [5.41, 5.74) is 2.53. The maximum absolute atomic E-state index is 12.5. The van der Waals surface area contributed by atoms with Crippen LogP contribution >= 0.6 is 0 Å². The number of nitriles is 1. The van der Waals surface area contributed by atoms with Crippen LogP contribution in [0.3, 0.4) is 0 Å². The van der Waals surface area contributed by atoms with Crippen LogP contribution in [0.15, 0.2) is 29.5 Å². The first-order chi connectivity index (χ1) is 10.5. The van der Waals surface area contributed by atoms with E-state index in [1.54, 1.807) is 45.4 Å². The number of carbonyl (C=O) groups is 1. The van der Waals surface area contributed by atoms with Gasteiger partial charge in [-0.2, -0.15) is 5.26 Å². The van der Waals surface area contributed by atoms with Gasteiger partial charge in [-0.05, 0) is 17.7 Å². The second-order valence-corrected chi connectivity index (χ2v) is 5.20. The lowest BCUT2D eigenvalue weighted by Crippen LogP contribution is -2.10. The molecule has 0 spiro atoms. The van der Waals surface area contributed by atoms with Gasteiger partial charge in [0.2, 0.25) is 5.78 Å². The maximum Gasteiger partial charge on any atom is 0.201 e. The molecule has 1 aliphatic carbocycles. The van der Waals surface area contributed by atoms with E-state index in [1.807, 2.05) is 12.1 Å². The molecule has 0 radical (unpaired) electrons. The van der Waals surface area contributed by atoms with Crippen molar-refractivity contribution >= 4 is 11.9 Å². The van der Waals surface area contributed by atoms with Crippen LogP contribution < -0.4 is 9.47 Å². The average Bonchev–Trinajstić information content (AvgIpc) is 2.94. The summed E-state index contributed by atoms with van der Waals surface area (Å²) in [6.45, 7) is 0. The fourth-order valence-electron chi connectivity index (χ4n) is 2.40. The fraction of sp³-hybridized carbons (Fsp3) is 0.294. The van der Waals surface area contributed by atoms with Crippen LogP contribution in [0, 0.1) is 11.3 Å². The van der Waals surface area contributed by atoms with E-state index in [0.29, 0.717) is 23.5 Å². The molecule has 2 rings (SSSR count). The molecule has 1 aliphatic rings. The van der Waals surface area contributed by atoms with Crippen molar-refractivity contribution in [2.24, 2.45) is 0 Å². The van der Waals surface area contributed by atoms with Crippen molar-refractivity contribution in [1.82, 2.24) is 4.90 Å². The first kappa shape index (κ1) is 15.6. The molecule has 0 saturated carbocycles. The van der Waals surface area contributed by atoms with E-state index in [-0.39, 0.29) is 11.4 Å². The van der Waals surface area contributed by atoms with Gasteiger partial charge in [-0.3, -0.25) is 4.79 Å². The summed E-state index contributed by atoms with van der Waals surface area (Å²) in [5.74, 6) is 1.09. The number of Topliss-reactive ketones (excluding diaryl/α,β-unsaturated/α-hetero) is 1. The molecule has 0 bridgehead atoms. The number of methoxy groups -OCH3 is 2. The summed E-state index contributed by atoms with van der Waals surface area (Å²) in [6.07, 6.45) is 3.79. The molecular formula is C17H18N2O3. The third-order valence-corrected chi connectivity index (χ3v) is 3.40. The van der Waals surface area contributed by atoms with E-state index in [4.69, 9.17) is 14.7 Å². The van der Waals surface area contributed by atoms with Gasteiger partial charge in [0.05, 0.1) is 14.2 Å². The van der Waals surface area contributed by atoms with E-state index < -0.39 is 0 Å². The topological polar surface area (TPSA) is 62.6 Å². The predicted octanol–water partition coefficient (Wildman–Crippen LogP) is 2.18. The summed E-state index contributed by atoms with van der Waals surface area (Å²) < 4.78 is 10.6. The quantitative estimate of drug-likeness (QED) is 0.616. The Morgan fingerprint density at radius 2 is 2.05 bits per heavy atom. The second-order valence-electron chi connectivity index (χ2n) is 5.20. The smallest absolute Gasteiger partial charge is 0.201 e. The van der Waals surface area contributed by atoms with Crippen LogP contribution in [-0.4, -0.2) is 39.0 Å². The van der Waals surface area contributed by atoms with Crippen LogP contribution in [0.5, 0.6) is 11.5 Å². The number of hydrogen-bond donors (Lipinski definition) is 0. The number of allylic oxidation sites excluding steroid dienone is 2. The van der Waals surface area contributed by atoms with Crippen LogP contribution in [0.2, 0.25) is 0 Å². The minimum absolute atomic E-state index is 0.120. The highest BCUT2D eigenvalue weighted by Gasteiger charge is 2.24. The highest BCUT2D eigenvalue weighted by Crippen LogP contribution is 2.37. The Hall–Kier alpha value is -2.74. The standard InChI is InChI=1S/C17H18N2O3/c1-19(2)10-13(9-18)17(20)12-5-11-6-14(21-3)8-16(22-4)15(11)7-12/h6-8,10H,5H2,1-4H3. The minimum atomic E-state index is -0.256. The first-order valence-electron chi connectivity index (χ1n) is 6.78. The van der Waals surface area contributed by atoms with Gasteiger partial charge in [0, 0.05) is 43.9 Å². The monoisotopic (exact) mass is 298 g/mol. The number of ether oxygens (including phenoxy) is 2. The number of fused-ring (bicyclic) bond motifs is 1. The minimum Gasteiger partial charge on any atom is -0.497 e. The van der Waals surface area contributed by atoms with Crippen molar-refractivity contribution in [2.45, 2.75) is 6.42 Å².